The van der Waals surface area contributed by atoms with E-state index < -0.39 is 0 Å². The third-order valence-electron chi connectivity index (χ3n) is 6.62. The molecule has 9 nitrogen and oxygen atoms in total. The van der Waals surface area contributed by atoms with Gasteiger partial charge < -0.3 is 15.8 Å². The van der Waals surface area contributed by atoms with E-state index >= 15 is 0 Å². The SMILES string of the molecule is COc1ccc(/C=C/c2c(C)nc(N)nc2NCCCc2nc3cccc(C)c3c(=O)n2-c2ccccc2)cn1. The molecule has 9 heteroatoms. The van der Waals surface area contributed by atoms with Gasteiger partial charge in [-0.1, -0.05) is 36.4 Å². The number of anilines is 2. The van der Waals surface area contributed by atoms with E-state index in [9.17, 15) is 4.79 Å². The Morgan fingerprint density at radius 2 is 1.80 bits per heavy atom. The van der Waals surface area contributed by atoms with E-state index in [1.807, 2.05) is 86.7 Å². The number of aryl methyl sites for hydroxylation is 3. The summed E-state index contributed by atoms with van der Waals surface area (Å²) in [5.74, 6) is 2.11. The molecule has 0 saturated carbocycles. The summed E-state index contributed by atoms with van der Waals surface area (Å²) in [6.07, 6.45) is 6.93. The number of nitrogens with two attached hydrogens (primary N) is 1. The normalized spacial score (nSPS) is 11.3. The van der Waals surface area contributed by atoms with Gasteiger partial charge in [0.15, 0.2) is 0 Å². The van der Waals surface area contributed by atoms with Gasteiger partial charge in [0.2, 0.25) is 11.8 Å². The molecule has 3 heterocycles. The second-order valence-corrected chi connectivity index (χ2v) is 9.40. The number of benzene rings is 2. The lowest BCUT2D eigenvalue weighted by molar-refractivity contribution is 0.398. The Labute approximate surface area is 232 Å². The largest absolute Gasteiger partial charge is 0.481 e. The maximum Gasteiger partial charge on any atom is 0.266 e. The molecule has 0 aliphatic rings. The predicted molar refractivity (Wildman–Crippen MR) is 160 cm³/mol. The highest BCUT2D eigenvalue weighted by Crippen LogP contribution is 2.22. The molecule has 0 amide bonds. The molecular formula is C31H31N7O2. The summed E-state index contributed by atoms with van der Waals surface area (Å²) < 4.78 is 6.85. The van der Waals surface area contributed by atoms with Crippen molar-refractivity contribution >= 4 is 34.8 Å². The molecule has 0 unspecified atom stereocenters. The lowest BCUT2D eigenvalue weighted by Crippen LogP contribution is -2.25. The first kappa shape index (κ1) is 26.6. The van der Waals surface area contributed by atoms with Crippen LogP contribution in [0.25, 0.3) is 28.7 Å². The van der Waals surface area contributed by atoms with Crippen molar-refractivity contribution in [3.8, 4) is 11.6 Å². The summed E-state index contributed by atoms with van der Waals surface area (Å²) in [5, 5.41) is 4.05. The Kier molecular flexibility index (Phi) is 7.82. The zero-order chi connectivity index (χ0) is 28.1. The van der Waals surface area contributed by atoms with Crippen molar-refractivity contribution in [3.05, 3.63) is 105 Å². The van der Waals surface area contributed by atoms with Crippen LogP contribution in [-0.2, 0) is 6.42 Å². The molecule has 0 aliphatic carbocycles. The maximum atomic E-state index is 13.6. The predicted octanol–water partition coefficient (Wildman–Crippen LogP) is 4.99. The first-order valence-corrected chi connectivity index (χ1v) is 13.1. The first-order chi connectivity index (χ1) is 19.4. The molecular weight excluding hydrogens is 502 g/mol. The van der Waals surface area contributed by atoms with E-state index in [1.165, 1.54) is 0 Å². The van der Waals surface area contributed by atoms with Gasteiger partial charge >= 0.3 is 0 Å². The Balaban J connectivity index is 1.37. The fourth-order valence-corrected chi connectivity index (χ4v) is 4.63. The number of para-hydroxylation sites is 1. The van der Waals surface area contributed by atoms with Crippen molar-refractivity contribution < 1.29 is 4.74 Å². The number of fused-ring (bicyclic) bond motifs is 1. The lowest BCUT2D eigenvalue weighted by atomic mass is 10.1. The van der Waals surface area contributed by atoms with Crippen molar-refractivity contribution in [2.45, 2.75) is 26.7 Å². The minimum atomic E-state index is -0.0584. The van der Waals surface area contributed by atoms with E-state index in [0.717, 1.165) is 28.1 Å². The van der Waals surface area contributed by atoms with Crippen molar-refractivity contribution in [2.75, 3.05) is 24.7 Å². The van der Waals surface area contributed by atoms with Crippen LogP contribution in [0.5, 0.6) is 5.88 Å². The van der Waals surface area contributed by atoms with Crippen LogP contribution >= 0.6 is 0 Å². The Morgan fingerprint density at radius 3 is 2.55 bits per heavy atom. The highest BCUT2D eigenvalue weighted by molar-refractivity contribution is 5.81. The van der Waals surface area contributed by atoms with Crippen LogP contribution in [0, 0.1) is 13.8 Å². The average Bonchev–Trinajstić information content (AvgIpc) is 2.95. The highest BCUT2D eigenvalue weighted by Gasteiger charge is 2.14. The van der Waals surface area contributed by atoms with Gasteiger partial charge in [0.1, 0.15) is 11.6 Å². The molecule has 0 fully saturated rings. The number of nitrogen functional groups attached to an aromatic ring is 1. The molecule has 2 aromatic carbocycles. The van der Waals surface area contributed by atoms with Gasteiger partial charge in [-0.05, 0) is 61.7 Å². The number of rotatable bonds is 9. The smallest absolute Gasteiger partial charge is 0.266 e. The van der Waals surface area contributed by atoms with Crippen LogP contribution in [0.3, 0.4) is 0 Å². The Bertz CT molecular complexity index is 1730. The van der Waals surface area contributed by atoms with Gasteiger partial charge in [0.25, 0.3) is 5.56 Å². The number of nitrogens with one attached hydrogen (secondary N) is 1. The van der Waals surface area contributed by atoms with E-state index in [-0.39, 0.29) is 11.5 Å². The number of aromatic nitrogens is 5. The molecule has 0 bridgehead atoms. The fourth-order valence-electron chi connectivity index (χ4n) is 4.63. The number of hydrogen-bond acceptors (Lipinski definition) is 8. The zero-order valence-corrected chi connectivity index (χ0v) is 22.8. The van der Waals surface area contributed by atoms with Crippen molar-refractivity contribution in [2.24, 2.45) is 0 Å². The molecule has 0 aliphatic heterocycles. The molecule has 0 atom stereocenters. The third kappa shape index (κ3) is 5.68. The van der Waals surface area contributed by atoms with Gasteiger partial charge in [-0.2, -0.15) is 4.98 Å². The molecule has 0 spiro atoms. The standard InChI is InChI=1S/C31H31N7O2/c1-20-9-7-12-25-28(20)30(39)38(23-10-5-4-6-11-23)26(36-25)13-8-18-33-29-24(21(2)35-31(32)37-29)16-14-22-15-17-27(40-3)34-19-22/h4-7,9-12,14-17,19H,8,13,18H2,1-3H3,(H3,32,33,35,37)/b16-14+. The Hall–Kier alpha value is -5.05. The number of hydrogen-bond donors (Lipinski definition) is 2. The Morgan fingerprint density at radius 1 is 0.975 bits per heavy atom. The second-order valence-electron chi connectivity index (χ2n) is 9.40. The summed E-state index contributed by atoms with van der Waals surface area (Å²) in [4.78, 5) is 31.6. The second kappa shape index (κ2) is 11.8. The van der Waals surface area contributed by atoms with Crippen LogP contribution in [0.15, 0.2) is 71.7 Å². The van der Waals surface area contributed by atoms with Gasteiger partial charge in [-0.15, -0.1) is 0 Å². The average molecular weight is 534 g/mol. The highest BCUT2D eigenvalue weighted by atomic mass is 16.5. The van der Waals surface area contributed by atoms with Crippen molar-refractivity contribution in [1.29, 1.82) is 0 Å². The zero-order valence-electron chi connectivity index (χ0n) is 22.8. The maximum absolute atomic E-state index is 13.6. The van der Waals surface area contributed by atoms with Gasteiger partial charge in [-0.3, -0.25) is 9.36 Å². The fraction of sp³-hybridized carbons (Fsp3) is 0.194. The summed E-state index contributed by atoms with van der Waals surface area (Å²) in [6, 6.07) is 19.1. The number of pyridine rings is 1. The van der Waals surface area contributed by atoms with Gasteiger partial charge in [-0.25, -0.2) is 15.0 Å². The molecule has 40 heavy (non-hydrogen) atoms. The molecule has 0 saturated heterocycles. The van der Waals surface area contributed by atoms with E-state index in [1.54, 1.807) is 17.9 Å². The topological polar surface area (TPSA) is 121 Å². The van der Waals surface area contributed by atoms with E-state index in [4.69, 9.17) is 15.5 Å². The van der Waals surface area contributed by atoms with Crippen LogP contribution in [-0.4, -0.2) is 38.2 Å². The lowest BCUT2D eigenvalue weighted by Gasteiger charge is -2.15. The number of ether oxygens (including phenoxy) is 1. The number of nitrogens with zero attached hydrogens (tertiary/aromatic N) is 5. The van der Waals surface area contributed by atoms with Crippen molar-refractivity contribution in [3.63, 3.8) is 0 Å². The van der Waals surface area contributed by atoms with Gasteiger partial charge in [0.05, 0.1) is 29.4 Å². The van der Waals surface area contributed by atoms with E-state index in [0.29, 0.717) is 47.8 Å². The van der Waals surface area contributed by atoms with Crippen LogP contribution < -0.4 is 21.3 Å². The van der Waals surface area contributed by atoms with Crippen LogP contribution in [0.2, 0.25) is 0 Å². The minimum absolute atomic E-state index is 0.0584. The van der Waals surface area contributed by atoms with Crippen LogP contribution in [0.4, 0.5) is 11.8 Å². The minimum Gasteiger partial charge on any atom is -0.481 e. The van der Waals surface area contributed by atoms with E-state index in [2.05, 4.69) is 20.3 Å². The van der Waals surface area contributed by atoms with Crippen LogP contribution in [0.1, 0.15) is 34.6 Å². The quantitative estimate of drug-likeness (QED) is 0.254. The third-order valence-corrected chi connectivity index (χ3v) is 6.62. The summed E-state index contributed by atoms with van der Waals surface area (Å²) in [7, 11) is 1.59. The molecule has 0 radical (unpaired) electrons. The number of methoxy groups -OCH3 is 1. The summed E-state index contributed by atoms with van der Waals surface area (Å²) in [6.45, 7) is 4.43. The van der Waals surface area contributed by atoms with Gasteiger partial charge in [0, 0.05) is 30.8 Å². The molecule has 3 N–H and O–H groups in total. The summed E-state index contributed by atoms with van der Waals surface area (Å²) >= 11 is 0. The monoisotopic (exact) mass is 533 g/mol. The molecule has 5 rings (SSSR count). The molecule has 3 aromatic heterocycles. The summed E-state index contributed by atoms with van der Waals surface area (Å²) in [5.41, 5.74) is 10.8. The first-order valence-electron chi connectivity index (χ1n) is 13.1. The molecule has 202 valence electrons. The molecule has 5 aromatic rings. The van der Waals surface area contributed by atoms with Crippen molar-refractivity contribution in [1.82, 2.24) is 24.5 Å².